The number of amides is 1. The van der Waals surface area contributed by atoms with Crippen molar-refractivity contribution in [3.63, 3.8) is 0 Å². The number of halogens is 6. The van der Waals surface area contributed by atoms with Gasteiger partial charge in [0, 0.05) is 5.41 Å². The molecule has 2 aromatic carbocycles. The molecule has 0 spiro atoms. The molecule has 1 fully saturated rings. The van der Waals surface area contributed by atoms with Gasteiger partial charge in [0.15, 0.2) is 0 Å². The summed E-state index contributed by atoms with van der Waals surface area (Å²) in [5, 5.41) is 0. The molecule has 0 N–H and O–H groups in total. The van der Waals surface area contributed by atoms with Crippen LogP contribution < -0.4 is 0 Å². The summed E-state index contributed by atoms with van der Waals surface area (Å²) in [7, 11) is 0. The van der Waals surface area contributed by atoms with Crippen LogP contribution in [-0.2, 0) is 27.3 Å². The number of carbonyl (C=O) groups is 1. The molecule has 1 heterocycles. The molecule has 4 nitrogen and oxygen atoms in total. The van der Waals surface area contributed by atoms with Crippen molar-refractivity contribution in [3.8, 4) is 0 Å². The van der Waals surface area contributed by atoms with Crippen LogP contribution in [0.25, 0.3) is 0 Å². The van der Waals surface area contributed by atoms with E-state index in [1.165, 1.54) is 6.92 Å². The third-order valence-corrected chi connectivity index (χ3v) is 7.94. The number of nitrogens with zero attached hydrogens (tertiary/aromatic N) is 2. The first-order valence-corrected chi connectivity index (χ1v) is 12.7. The maximum absolute atomic E-state index is 13.4. The van der Waals surface area contributed by atoms with Crippen LogP contribution in [0.2, 0.25) is 0 Å². The first-order valence-electron chi connectivity index (χ1n) is 12.7. The van der Waals surface area contributed by atoms with Crippen molar-refractivity contribution >= 4 is 12.2 Å². The van der Waals surface area contributed by atoms with Crippen LogP contribution in [0, 0.1) is 0 Å². The summed E-state index contributed by atoms with van der Waals surface area (Å²) in [5.41, 5.74) is -3.02. The lowest BCUT2D eigenvalue weighted by Gasteiger charge is -2.49. The van der Waals surface area contributed by atoms with Crippen LogP contribution in [0.1, 0.15) is 67.4 Å². The van der Waals surface area contributed by atoms with Crippen molar-refractivity contribution in [2.24, 2.45) is 4.99 Å². The van der Waals surface area contributed by atoms with E-state index in [0.29, 0.717) is 44.2 Å². The third kappa shape index (κ3) is 6.05. The topological polar surface area (TPSA) is 41.9 Å². The lowest BCUT2D eigenvalue weighted by molar-refractivity contribution is -0.143. The molecule has 4 rings (SSSR count). The van der Waals surface area contributed by atoms with E-state index in [1.807, 2.05) is 30.3 Å². The number of aliphatic imine (C=N–C) groups is 1. The third-order valence-electron chi connectivity index (χ3n) is 7.94. The van der Waals surface area contributed by atoms with E-state index in [-0.39, 0.29) is 30.7 Å². The van der Waals surface area contributed by atoms with Gasteiger partial charge in [0.05, 0.1) is 35.7 Å². The Kier molecular flexibility index (Phi) is 7.98. The zero-order chi connectivity index (χ0) is 28.5. The fourth-order valence-electron chi connectivity index (χ4n) is 5.64. The van der Waals surface area contributed by atoms with Gasteiger partial charge >= 0.3 is 12.4 Å². The predicted molar refractivity (Wildman–Crippen MR) is 135 cm³/mol. The highest BCUT2D eigenvalue weighted by Crippen LogP contribution is 2.48. The molecule has 2 aromatic rings. The van der Waals surface area contributed by atoms with E-state index < -0.39 is 40.5 Å². The van der Waals surface area contributed by atoms with Crippen LogP contribution in [-0.4, -0.2) is 35.8 Å². The second-order valence-corrected chi connectivity index (χ2v) is 10.4. The minimum absolute atomic E-state index is 0.0843. The van der Waals surface area contributed by atoms with E-state index >= 15 is 0 Å². The lowest BCUT2D eigenvalue weighted by atomic mass is 9.63. The van der Waals surface area contributed by atoms with E-state index in [0.717, 1.165) is 5.56 Å². The number of carbonyl (C=O) groups excluding carboxylic acids is 1. The van der Waals surface area contributed by atoms with Crippen molar-refractivity contribution in [1.82, 2.24) is 4.90 Å². The minimum atomic E-state index is -4.94. The highest BCUT2D eigenvalue weighted by atomic mass is 19.4. The molecule has 0 saturated heterocycles. The molecule has 210 valence electrons. The van der Waals surface area contributed by atoms with E-state index in [9.17, 15) is 31.1 Å². The molecule has 1 amide bonds. The zero-order valence-corrected chi connectivity index (χ0v) is 21.5. The van der Waals surface area contributed by atoms with E-state index in [2.05, 4.69) is 11.6 Å². The molecule has 1 aliphatic heterocycles. The second-order valence-electron chi connectivity index (χ2n) is 10.4. The summed E-state index contributed by atoms with van der Waals surface area (Å²) in [6, 6.07) is 11.1. The average molecular weight is 553 g/mol. The van der Waals surface area contributed by atoms with Gasteiger partial charge in [-0.05, 0) is 68.4 Å². The van der Waals surface area contributed by atoms with Crippen LogP contribution in [0.4, 0.5) is 26.3 Å². The summed E-state index contributed by atoms with van der Waals surface area (Å²) in [5.74, 6) is -0.0843. The number of rotatable bonds is 8. The maximum atomic E-state index is 13.4. The Hall–Kier alpha value is -3.14. The summed E-state index contributed by atoms with van der Waals surface area (Å²) in [4.78, 5) is 18.3. The molecule has 0 bridgehead atoms. The number of hydrogen-bond donors (Lipinski definition) is 0. The van der Waals surface area contributed by atoms with Gasteiger partial charge in [0.2, 0.25) is 5.91 Å². The molecular formula is C29H30F6N2O2. The minimum Gasteiger partial charge on any atom is -0.373 e. The summed E-state index contributed by atoms with van der Waals surface area (Å²) in [6.07, 6.45) is -4.60. The monoisotopic (exact) mass is 552 g/mol. The molecule has 0 unspecified atom stereocenters. The van der Waals surface area contributed by atoms with Crippen LogP contribution in [0.3, 0.4) is 0 Å². The SMILES string of the molecule is C=CCC1(N2C=NCC2=O)CCC(CO[C@H](C)c2cc(C(F)(F)F)cc(C(F)(F)F)c2)(c2ccccc2)CC1. The van der Waals surface area contributed by atoms with Crippen molar-refractivity contribution in [1.29, 1.82) is 0 Å². The fourth-order valence-corrected chi connectivity index (χ4v) is 5.64. The van der Waals surface area contributed by atoms with Crippen LogP contribution in [0.15, 0.2) is 66.2 Å². The summed E-state index contributed by atoms with van der Waals surface area (Å²) in [6.45, 7) is 5.50. The zero-order valence-electron chi connectivity index (χ0n) is 21.5. The van der Waals surface area contributed by atoms with E-state index in [1.54, 1.807) is 17.3 Å². The van der Waals surface area contributed by atoms with Crippen molar-refractivity contribution in [3.05, 3.63) is 83.4 Å². The largest absolute Gasteiger partial charge is 0.416 e. The quantitative estimate of drug-likeness (QED) is 0.251. The Morgan fingerprint density at radius 2 is 1.59 bits per heavy atom. The van der Waals surface area contributed by atoms with Crippen LogP contribution >= 0.6 is 0 Å². The van der Waals surface area contributed by atoms with Gasteiger partial charge in [0.1, 0.15) is 6.54 Å². The molecule has 2 aliphatic rings. The van der Waals surface area contributed by atoms with Crippen molar-refractivity contribution < 1.29 is 35.9 Å². The molecule has 1 saturated carbocycles. The average Bonchev–Trinajstić information content (AvgIpc) is 3.34. The molecule has 10 heteroatoms. The molecule has 1 aliphatic carbocycles. The molecule has 0 radical (unpaired) electrons. The van der Waals surface area contributed by atoms with Gasteiger partial charge in [-0.1, -0.05) is 36.4 Å². The van der Waals surface area contributed by atoms with Gasteiger partial charge in [0.25, 0.3) is 0 Å². The Morgan fingerprint density at radius 3 is 2.08 bits per heavy atom. The summed E-state index contributed by atoms with van der Waals surface area (Å²) >= 11 is 0. The summed E-state index contributed by atoms with van der Waals surface area (Å²) < 4.78 is 86.5. The van der Waals surface area contributed by atoms with Crippen molar-refractivity contribution in [2.45, 2.75) is 68.4 Å². The Labute approximate surface area is 223 Å². The smallest absolute Gasteiger partial charge is 0.373 e. The Morgan fingerprint density at radius 1 is 1.00 bits per heavy atom. The molecule has 1 atom stereocenters. The first-order chi connectivity index (χ1) is 18.3. The number of ether oxygens (including phenoxy) is 1. The fraction of sp³-hybridized carbons (Fsp3) is 0.448. The number of benzene rings is 2. The van der Waals surface area contributed by atoms with Gasteiger partial charge < -0.3 is 4.74 Å². The van der Waals surface area contributed by atoms with Crippen LogP contribution in [0.5, 0.6) is 0 Å². The van der Waals surface area contributed by atoms with Crippen molar-refractivity contribution in [2.75, 3.05) is 13.2 Å². The lowest BCUT2D eigenvalue weighted by Crippen LogP contribution is -2.54. The van der Waals surface area contributed by atoms with Gasteiger partial charge in [-0.3, -0.25) is 14.7 Å². The molecule has 39 heavy (non-hydrogen) atoms. The predicted octanol–water partition coefficient (Wildman–Crippen LogP) is 7.50. The van der Waals surface area contributed by atoms with Gasteiger partial charge in [-0.25, -0.2) is 0 Å². The molecule has 0 aromatic heterocycles. The highest BCUT2D eigenvalue weighted by molar-refractivity contribution is 5.95. The normalized spacial score (nSPS) is 24.7. The number of alkyl halides is 6. The number of hydrogen-bond acceptors (Lipinski definition) is 3. The van der Waals surface area contributed by atoms with Gasteiger partial charge in [-0.2, -0.15) is 26.3 Å². The molecular weight excluding hydrogens is 522 g/mol. The van der Waals surface area contributed by atoms with Gasteiger partial charge in [-0.15, -0.1) is 6.58 Å². The first kappa shape index (κ1) is 28.9. The maximum Gasteiger partial charge on any atom is 0.416 e. The standard InChI is InChI=1S/C29H30F6N2O2/c1-3-9-27(37-19-36-17-25(37)38)12-10-26(11-13-27,22-7-5-4-6-8-22)18-39-20(2)21-14-23(28(30,31)32)16-24(15-21)29(33,34)35/h3-8,14-16,19-20H,1,9-13,17-18H2,2H3/t20-,26?,27?/m1/s1. The second kappa shape index (κ2) is 10.8. The van der Waals surface area contributed by atoms with E-state index in [4.69, 9.17) is 4.74 Å². The Bertz CT molecular complexity index is 1180. The Balaban J connectivity index is 1.61. The highest BCUT2D eigenvalue weighted by Gasteiger charge is 2.48.